The highest BCUT2D eigenvalue weighted by Gasteiger charge is 2.43. The lowest BCUT2D eigenvalue weighted by atomic mass is 10.1. The molecule has 3 atom stereocenters. The molecule has 25 heavy (non-hydrogen) atoms. The summed E-state index contributed by atoms with van der Waals surface area (Å²) in [4.78, 5) is 10.9. The molecule has 0 saturated carbocycles. The van der Waals surface area contributed by atoms with E-state index in [1.165, 1.54) is 20.0 Å². The van der Waals surface area contributed by atoms with Crippen LogP contribution >= 0.6 is 0 Å². The Hall–Kier alpha value is -1.93. The standard InChI is InChI=1S/C21H28O4/c1-3-4-5-6-7-8-9-12-15-18(22)21-19(25-21)16-13-10-11-14-17-20(23)24-2/h18-19,21-22H,3-6,9,11,14,16-17H2,1-2H3/t18-,19-,21-/m0/s1. The molecule has 1 heterocycles. The van der Waals surface area contributed by atoms with E-state index in [2.05, 4.69) is 47.2 Å². The highest BCUT2D eigenvalue weighted by Crippen LogP contribution is 2.27. The Morgan fingerprint density at radius 2 is 1.88 bits per heavy atom. The van der Waals surface area contributed by atoms with E-state index in [1.807, 2.05) is 0 Å². The minimum atomic E-state index is -0.770. The summed E-state index contributed by atoms with van der Waals surface area (Å²) in [5.74, 6) is 17.6. The first-order valence-corrected chi connectivity index (χ1v) is 8.99. The van der Waals surface area contributed by atoms with Crippen molar-refractivity contribution in [3.05, 3.63) is 0 Å². The van der Waals surface area contributed by atoms with Gasteiger partial charge in [-0.05, 0) is 12.8 Å². The zero-order valence-electron chi connectivity index (χ0n) is 15.3. The van der Waals surface area contributed by atoms with Crippen LogP contribution in [0, 0.1) is 35.5 Å². The number of hydrogen-bond donors (Lipinski definition) is 1. The molecule has 1 N–H and O–H groups in total. The van der Waals surface area contributed by atoms with Crippen LogP contribution < -0.4 is 0 Å². The maximum atomic E-state index is 10.9. The van der Waals surface area contributed by atoms with Gasteiger partial charge < -0.3 is 14.6 Å². The molecule has 4 nitrogen and oxygen atoms in total. The van der Waals surface area contributed by atoms with Gasteiger partial charge in [0, 0.05) is 25.7 Å². The van der Waals surface area contributed by atoms with Crippen LogP contribution in [-0.2, 0) is 14.3 Å². The quantitative estimate of drug-likeness (QED) is 0.318. The fourth-order valence-corrected chi connectivity index (χ4v) is 2.18. The molecule has 0 bridgehead atoms. The van der Waals surface area contributed by atoms with Gasteiger partial charge in [-0.1, -0.05) is 37.5 Å². The normalized spacial score (nSPS) is 18.5. The summed E-state index contributed by atoms with van der Waals surface area (Å²) in [6.07, 6.45) is 6.24. The van der Waals surface area contributed by atoms with Crippen LogP contribution in [0.25, 0.3) is 0 Å². The van der Waals surface area contributed by atoms with Crippen LogP contribution in [0.4, 0.5) is 0 Å². The largest absolute Gasteiger partial charge is 0.469 e. The van der Waals surface area contributed by atoms with Gasteiger partial charge >= 0.3 is 5.97 Å². The monoisotopic (exact) mass is 344 g/mol. The maximum Gasteiger partial charge on any atom is 0.305 e. The highest BCUT2D eigenvalue weighted by molar-refractivity contribution is 5.69. The van der Waals surface area contributed by atoms with Crippen LogP contribution in [0.2, 0.25) is 0 Å². The maximum absolute atomic E-state index is 10.9. The van der Waals surface area contributed by atoms with Crippen molar-refractivity contribution < 1.29 is 19.4 Å². The molecule has 136 valence electrons. The Bertz CT molecular complexity index is 576. The Balaban J connectivity index is 2.11. The summed E-state index contributed by atoms with van der Waals surface area (Å²) in [5.41, 5.74) is 0. The lowest BCUT2D eigenvalue weighted by molar-refractivity contribution is -0.140. The average Bonchev–Trinajstić information content (AvgIpc) is 3.39. The molecule has 0 amide bonds. The smallest absolute Gasteiger partial charge is 0.305 e. The summed E-state index contributed by atoms with van der Waals surface area (Å²) in [7, 11) is 1.38. The first kappa shape index (κ1) is 21.1. The Morgan fingerprint density at radius 1 is 1.12 bits per heavy atom. The summed E-state index contributed by atoms with van der Waals surface area (Å²) in [6.45, 7) is 2.17. The SMILES string of the molecule is CCCCCC#CCC#C[C@H](O)[C@@H]1O[C@H]1CC#CCCCC(=O)OC. The molecule has 1 aliphatic heterocycles. The van der Waals surface area contributed by atoms with Crippen LogP contribution in [-0.4, -0.2) is 36.5 Å². The molecular formula is C21H28O4. The minimum absolute atomic E-state index is 0.0439. The molecule has 0 aromatic rings. The van der Waals surface area contributed by atoms with Gasteiger partial charge in [0.15, 0.2) is 0 Å². The van der Waals surface area contributed by atoms with E-state index in [4.69, 9.17) is 4.74 Å². The first-order valence-electron chi connectivity index (χ1n) is 8.99. The molecule has 1 rings (SSSR count). The molecule has 0 aromatic carbocycles. The Morgan fingerprint density at radius 3 is 2.64 bits per heavy atom. The molecular weight excluding hydrogens is 316 g/mol. The minimum Gasteiger partial charge on any atom is -0.469 e. The third kappa shape index (κ3) is 10.5. The number of aliphatic hydroxyl groups is 1. The third-order valence-corrected chi connectivity index (χ3v) is 3.73. The average molecular weight is 344 g/mol. The summed E-state index contributed by atoms with van der Waals surface area (Å²) < 4.78 is 9.96. The number of ether oxygens (including phenoxy) is 2. The van der Waals surface area contributed by atoms with Crippen molar-refractivity contribution in [3.8, 4) is 35.5 Å². The van der Waals surface area contributed by atoms with Crippen LogP contribution in [0.15, 0.2) is 0 Å². The molecule has 0 aromatic heterocycles. The van der Waals surface area contributed by atoms with Gasteiger partial charge in [0.25, 0.3) is 0 Å². The number of carbonyl (C=O) groups is 1. The topological polar surface area (TPSA) is 59.1 Å². The van der Waals surface area contributed by atoms with Crippen LogP contribution in [0.1, 0.15) is 64.7 Å². The highest BCUT2D eigenvalue weighted by atomic mass is 16.6. The van der Waals surface area contributed by atoms with E-state index in [-0.39, 0.29) is 18.2 Å². The second kappa shape index (κ2) is 13.4. The number of carbonyl (C=O) groups excluding carboxylic acids is 1. The summed E-state index contributed by atoms with van der Waals surface area (Å²) in [5, 5.41) is 9.91. The predicted molar refractivity (Wildman–Crippen MR) is 97.2 cm³/mol. The number of aliphatic hydroxyl groups excluding tert-OH is 1. The van der Waals surface area contributed by atoms with E-state index in [9.17, 15) is 9.90 Å². The molecule has 0 unspecified atom stereocenters. The number of rotatable bonds is 8. The van der Waals surface area contributed by atoms with E-state index in [0.717, 1.165) is 12.8 Å². The number of hydrogen-bond acceptors (Lipinski definition) is 4. The van der Waals surface area contributed by atoms with Crippen molar-refractivity contribution in [2.75, 3.05) is 7.11 Å². The van der Waals surface area contributed by atoms with Crippen LogP contribution in [0.3, 0.4) is 0 Å². The van der Waals surface area contributed by atoms with Gasteiger partial charge in [-0.2, -0.15) is 0 Å². The first-order chi connectivity index (χ1) is 12.2. The third-order valence-electron chi connectivity index (χ3n) is 3.73. The fraction of sp³-hybridized carbons (Fsp3) is 0.667. The molecule has 0 spiro atoms. The van der Waals surface area contributed by atoms with E-state index < -0.39 is 6.10 Å². The van der Waals surface area contributed by atoms with Gasteiger partial charge in [0.1, 0.15) is 12.2 Å². The van der Waals surface area contributed by atoms with E-state index in [1.54, 1.807) is 0 Å². The molecule has 1 fully saturated rings. The second-order valence-electron chi connectivity index (χ2n) is 5.88. The second-order valence-corrected chi connectivity index (χ2v) is 5.88. The molecule has 1 saturated heterocycles. The molecule has 0 radical (unpaired) electrons. The fourth-order valence-electron chi connectivity index (χ4n) is 2.18. The number of unbranched alkanes of at least 4 members (excludes halogenated alkanes) is 4. The van der Waals surface area contributed by atoms with Gasteiger partial charge in [-0.15, -0.1) is 17.8 Å². The zero-order valence-corrected chi connectivity index (χ0v) is 15.3. The molecule has 1 aliphatic rings. The molecule has 0 aliphatic carbocycles. The van der Waals surface area contributed by atoms with Crippen molar-refractivity contribution in [2.45, 2.75) is 83.0 Å². The van der Waals surface area contributed by atoms with Gasteiger partial charge in [-0.25, -0.2) is 0 Å². The van der Waals surface area contributed by atoms with Crippen LogP contribution in [0.5, 0.6) is 0 Å². The predicted octanol–water partition coefficient (Wildman–Crippen LogP) is 2.83. The van der Waals surface area contributed by atoms with Crippen molar-refractivity contribution in [3.63, 3.8) is 0 Å². The van der Waals surface area contributed by atoms with Gasteiger partial charge in [-0.3, -0.25) is 4.79 Å². The number of esters is 1. The van der Waals surface area contributed by atoms with E-state index >= 15 is 0 Å². The van der Waals surface area contributed by atoms with E-state index in [0.29, 0.717) is 32.1 Å². The molecule has 4 heteroatoms. The summed E-state index contributed by atoms with van der Waals surface area (Å²) in [6, 6.07) is 0. The lowest BCUT2D eigenvalue weighted by Crippen LogP contribution is -2.14. The Kier molecular flexibility index (Phi) is 11.3. The van der Waals surface area contributed by atoms with Crippen molar-refractivity contribution in [2.24, 2.45) is 0 Å². The van der Waals surface area contributed by atoms with Crippen molar-refractivity contribution in [1.82, 2.24) is 0 Å². The summed E-state index contributed by atoms with van der Waals surface area (Å²) >= 11 is 0. The van der Waals surface area contributed by atoms with Crippen molar-refractivity contribution >= 4 is 5.97 Å². The number of epoxide rings is 1. The van der Waals surface area contributed by atoms with Crippen molar-refractivity contribution in [1.29, 1.82) is 0 Å². The zero-order chi connectivity index (χ0) is 18.3. The Labute approximate surface area is 151 Å². The lowest BCUT2D eigenvalue weighted by Gasteiger charge is -1.95. The van der Waals surface area contributed by atoms with Gasteiger partial charge in [0.2, 0.25) is 0 Å². The number of methoxy groups -OCH3 is 1. The van der Waals surface area contributed by atoms with Gasteiger partial charge in [0.05, 0.1) is 19.6 Å².